The Hall–Kier alpha value is -4.56. The van der Waals surface area contributed by atoms with Crippen LogP contribution in [0.5, 0.6) is 5.75 Å². The van der Waals surface area contributed by atoms with Gasteiger partial charge in [0.1, 0.15) is 29.3 Å². The van der Waals surface area contributed by atoms with Crippen molar-refractivity contribution in [3.63, 3.8) is 0 Å². The normalized spacial score (nSPS) is 11.2. The summed E-state index contributed by atoms with van der Waals surface area (Å²) in [5.74, 6) is -1.14. The number of phenols is 1. The van der Waals surface area contributed by atoms with Gasteiger partial charge in [-0.2, -0.15) is 10.5 Å². The molecule has 1 amide bonds. The van der Waals surface area contributed by atoms with Gasteiger partial charge in [-0.25, -0.2) is 0 Å². The highest BCUT2D eigenvalue weighted by atomic mass is 16.5. The third-order valence-corrected chi connectivity index (χ3v) is 4.63. The lowest BCUT2D eigenvalue weighted by Gasteiger charge is -2.15. The second kappa shape index (κ2) is 8.85. The van der Waals surface area contributed by atoms with Gasteiger partial charge in [0.2, 0.25) is 0 Å². The smallest absolute Gasteiger partial charge is 0.268 e. The molecule has 31 heavy (non-hydrogen) atoms. The van der Waals surface area contributed by atoms with Gasteiger partial charge in [0.25, 0.3) is 5.91 Å². The second-order valence-electron chi connectivity index (χ2n) is 6.84. The first-order valence-electron chi connectivity index (χ1n) is 9.19. The molecule has 1 aromatic heterocycles. The first-order valence-corrected chi connectivity index (χ1v) is 9.19. The Labute approximate surface area is 178 Å². The molecule has 0 fully saturated rings. The number of hydrogen-bond donors (Lipinski definition) is 2. The van der Waals surface area contributed by atoms with Gasteiger partial charge in [0.05, 0.1) is 12.1 Å². The fourth-order valence-electron chi connectivity index (χ4n) is 2.98. The summed E-state index contributed by atoms with van der Waals surface area (Å²) in [5, 5.41) is 43.0. The summed E-state index contributed by atoms with van der Waals surface area (Å²) in [6.45, 7) is 1.57. The quantitative estimate of drug-likeness (QED) is 0.369. The van der Waals surface area contributed by atoms with Gasteiger partial charge in [-0.15, -0.1) is 0 Å². The molecular formula is C23H18N4O4. The summed E-state index contributed by atoms with van der Waals surface area (Å²) >= 11 is 0. The maximum atomic E-state index is 12.8. The average molecular weight is 414 g/mol. The number of phenolic OH excluding ortho intramolecular Hbond substituents is 1. The maximum Gasteiger partial charge on any atom is 0.268 e. The number of amides is 1. The summed E-state index contributed by atoms with van der Waals surface area (Å²) < 4.78 is 5.29. The lowest BCUT2D eigenvalue weighted by molar-refractivity contribution is -0.126. The first kappa shape index (κ1) is 21.2. The number of likely N-dealkylation sites (N-methyl/N-ethyl adjacent to an activating group) is 1. The molecule has 3 aromatic rings. The number of rotatable bonds is 5. The third-order valence-electron chi connectivity index (χ3n) is 4.63. The number of aromatic hydroxyl groups is 1. The van der Waals surface area contributed by atoms with Gasteiger partial charge in [-0.1, -0.05) is 35.5 Å². The molecular weight excluding hydrogens is 396 g/mol. The number of hydrogen-bond acceptors (Lipinski definition) is 7. The Bertz CT molecular complexity index is 1250. The van der Waals surface area contributed by atoms with E-state index in [4.69, 9.17) is 9.78 Å². The predicted octanol–water partition coefficient (Wildman–Crippen LogP) is 3.68. The second-order valence-corrected chi connectivity index (χ2v) is 6.84. The molecule has 0 atom stereocenters. The standard InChI is InChI=1S/C23H18N4O4/c1-14-8-16(9-17(11-24)21(14)28)22(29)19(12-25)23(30)27(2)13-18-10-20(26-31-18)15-6-4-3-5-7-15/h3-10,28-29H,13H2,1-2H3/b22-19-. The number of nitriles is 2. The summed E-state index contributed by atoms with van der Waals surface area (Å²) in [4.78, 5) is 14.0. The Morgan fingerprint density at radius 1 is 1.19 bits per heavy atom. The van der Waals surface area contributed by atoms with Crippen molar-refractivity contribution in [2.75, 3.05) is 7.05 Å². The van der Waals surface area contributed by atoms with Crippen molar-refractivity contribution in [2.45, 2.75) is 13.5 Å². The Morgan fingerprint density at radius 3 is 2.55 bits per heavy atom. The van der Waals surface area contributed by atoms with E-state index in [0.29, 0.717) is 17.0 Å². The molecule has 8 heteroatoms. The van der Waals surface area contributed by atoms with Crippen LogP contribution in [-0.2, 0) is 11.3 Å². The minimum absolute atomic E-state index is 0.0230. The van der Waals surface area contributed by atoms with E-state index in [-0.39, 0.29) is 23.4 Å². The topological polar surface area (TPSA) is 134 Å². The molecule has 0 aliphatic rings. The molecule has 0 aliphatic carbocycles. The summed E-state index contributed by atoms with van der Waals surface area (Å²) in [6, 6.07) is 17.2. The van der Waals surface area contributed by atoms with Crippen LogP contribution in [0.1, 0.15) is 22.5 Å². The van der Waals surface area contributed by atoms with E-state index in [9.17, 15) is 20.3 Å². The molecule has 2 aromatic carbocycles. The highest BCUT2D eigenvalue weighted by Crippen LogP contribution is 2.28. The van der Waals surface area contributed by atoms with E-state index in [1.807, 2.05) is 36.4 Å². The SMILES string of the molecule is Cc1cc(/C(O)=C(\C#N)C(=O)N(C)Cc2cc(-c3ccccc3)no2)cc(C#N)c1O. The minimum atomic E-state index is -0.734. The van der Waals surface area contributed by atoms with Crippen LogP contribution >= 0.6 is 0 Å². The average Bonchev–Trinajstić information content (AvgIpc) is 3.24. The maximum absolute atomic E-state index is 12.8. The first-order chi connectivity index (χ1) is 14.8. The summed E-state index contributed by atoms with van der Waals surface area (Å²) in [7, 11) is 1.46. The number of carbonyl (C=O) groups excluding carboxylic acids is 1. The number of carbonyl (C=O) groups is 1. The molecule has 2 N–H and O–H groups in total. The largest absolute Gasteiger partial charge is 0.506 e. The van der Waals surface area contributed by atoms with E-state index in [1.165, 1.54) is 24.1 Å². The summed E-state index contributed by atoms with van der Waals surface area (Å²) in [5.41, 5.74) is 1.30. The fraction of sp³-hybridized carbons (Fsp3) is 0.130. The molecule has 0 unspecified atom stereocenters. The highest BCUT2D eigenvalue weighted by Gasteiger charge is 2.23. The van der Waals surface area contributed by atoms with Crippen molar-refractivity contribution in [3.05, 3.63) is 76.6 Å². The van der Waals surface area contributed by atoms with Gasteiger partial charge in [0, 0.05) is 24.2 Å². The number of aliphatic hydroxyl groups is 1. The van der Waals surface area contributed by atoms with Crippen molar-refractivity contribution in [1.82, 2.24) is 10.1 Å². The molecule has 0 bridgehead atoms. The molecule has 8 nitrogen and oxygen atoms in total. The van der Waals surface area contributed by atoms with Crippen LogP contribution in [0.2, 0.25) is 0 Å². The number of aromatic nitrogens is 1. The van der Waals surface area contributed by atoms with Crippen LogP contribution in [0.15, 0.2) is 58.6 Å². The van der Waals surface area contributed by atoms with Crippen LogP contribution in [-0.4, -0.2) is 33.2 Å². The van der Waals surface area contributed by atoms with Gasteiger partial charge < -0.3 is 19.6 Å². The van der Waals surface area contributed by atoms with Gasteiger partial charge in [-0.05, 0) is 24.6 Å². The molecule has 0 saturated carbocycles. The van der Waals surface area contributed by atoms with Crippen molar-refractivity contribution in [3.8, 4) is 29.1 Å². The minimum Gasteiger partial charge on any atom is -0.506 e. The van der Waals surface area contributed by atoms with Crippen LogP contribution in [0, 0.1) is 29.6 Å². The van der Waals surface area contributed by atoms with E-state index < -0.39 is 17.2 Å². The molecule has 0 aliphatic heterocycles. The Morgan fingerprint density at radius 2 is 1.90 bits per heavy atom. The Balaban J connectivity index is 1.85. The van der Waals surface area contributed by atoms with Crippen LogP contribution in [0.3, 0.4) is 0 Å². The molecule has 0 spiro atoms. The van der Waals surface area contributed by atoms with Crippen LogP contribution in [0.4, 0.5) is 0 Å². The lowest BCUT2D eigenvalue weighted by atomic mass is 10.0. The molecule has 1 heterocycles. The number of nitrogens with zero attached hydrogens (tertiary/aromatic N) is 4. The Kier molecular flexibility index (Phi) is 6.04. The zero-order valence-electron chi connectivity index (χ0n) is 16.8. The monoisotopic (exact) mass is 414 g/mol. The molecule has 3 rings (SSSR count). The van der Waals surface area contributed by atoms with E-state index in [0.717, 1.165) is 5.56 Å². The number of aliphatic hydroxyl groups excluding tert-OH is 1. The summed E-state index contributed by atoms with van der Waals surface area (Å²) in [6.07, 6.45) is 0. The number of aryl methyl sites for hydroxylation is 1. The van der Waals surface area contributed by atoms with Crippen molar-refractivity contribution >= 4 is 11.7 Å². The third kappa shape index (κ3) is 4.39. The van der Waals surface area contributed by atoms with Crippen LogP contribution in [0.25, 0.3) is 17.0 Å². The van der Waals surface area contributed by atoms with Crippen molar-refractivity contribution in [2.24, 2.45) is 0 Å². The fourth-order valence-corrected chi connectivity index (χ4v) is 2.98. The van der Waals surface area contributed by atoms with Gasteiger partial charge >= 0.3 is 0 Å². The van der Waals surface area contributed by atoms with Crippen molar-refractivity contribution in [1.29, 1.82) is 10.5 Å². The molecule has 0 radical (unpaired) electrons. The van der Waals surface area contributed by atoms with Gasteiger partial charge in [0.15, 0.2) is 11.3 Å². The molecule has 0 saturated heterocycles. The van der Waals surface area contributed by atoms with E-state index in [2.05, 4.69) is 5.16 Å². The molecule has 154 valence electrons. The zero-order chi connectivity index (χ0) is 22.5. The van der Waals surface area contributed by atoms with E-state index in [1.54, 1.807) is 19.1 Å². The van der Waals surface area contributed by atoms with E-state index >= 15 is 0 Å². The predicted molar refractivity (Wildman–Crippen MR) is 111 cm³/mol. The van der Waals surface area contributed by atoms with Crippen molar-refractivity contribution < 1.29 is 19.5 Å². The number of benzene rings is 2. The lowest BCUT2D eigenvalue weighted by Crippen LogP contribution is -2.27. The zero-order valence-corrected chi connectivity index (χ0v) is 16.8. The van der Waals surface area contributed by atoms with Crippen LogP contribution < -0.4 is 0 Å². The van der Waals surface area contributed by atoms with Gasteiger partial charge in [-0.3, -0.25) is 4.79 Å². The highest BCUT2D eigenvalue weighted by molar-refractivity contribution is 6.03.